The fraction of sp³-hybridized carbons (Fsp3) is 0.0312. The summed E-state index contributed by atoms with van der Waals surface area (Å²) in [5, 5.41) is 5.39. The molecule has 0 radical (unpaired) electrons. The largest absolute Gasteiger partial charge is 0.126 e. The first-order valence-corrected chi connectivity index (χ1v) is 12.4. The zero-order chi connectivity index (χ0) is 22.9. The van der Waals surface area contributed by atoms with E-state index in [4.69, 9.17) is 0 Å². The smallest absolute Gasteiger partial charge is 0.0771 e. The second-order valence-corrected chi connectivity index (χ2v) is 9.12. The number of benzene rings is 4. The van der Waals surface area contributed by atoms with Crippen molar-refractivity contribution >= 4 is 24.8 Å². The molecule has 6 aromatic rings. The van der Waals surface area contributed by atoms with Crippen LogP contribution in [-0.4, -0.2) is 3.21 Å². The van der Waals surface area contributed by atoms with Gasteiger partial charge in [0.25, 0.3) is 0 Å². The Morgan fingerprint density at radius 3 is 1.37 bits per heavy atom. The van der Waals surface area contributed by atoms with Crippen LogP contribution in [0.4, 0.5) is 0 Å². The maximum Gasteiger partial charge on any atom is -0.0771 e. The molecule has 6 aromatic carbocycles. The third kappa shape index (κ3) is 7.60. The van der Waals surface area contributed by atoms with Crippen molar-refractivity contribution < 1.29 is 33.6 Å². The molecule has 0 aliphatic carbocycles. The van der Waals surface area contributed by atoms with Gasteiger partial charge in [0.2, 0.25) is 0 Å². The van der Waals surface area contributed by atoms with E-state index in [2.05, 4.69) is 134 Å². The number of hydrogen-bond acceptors (Lipinski definition) is 0. The maximum absolute atomic E-state index is 2.24. The van der Waals surface area contributed by atoms with Crippen LogP contribution in [0.5, 0.6) is 0 Å². The van der Waals surface area contributed by atoms with E-state index in [1.54, 1.807) is 0 Å². The third-order valence-corrected chi connectivity index (χ3v) is 6.90. The Morgan fingerprint density at radius 2 is 1.00 bits per heavy atom. The van der Waals surface area contributed by atoms with Gasteiger partial charge in [-0.15, -0.1) is 39.7 Å². The Balaban J connectivity index is 0.000000192. The zero-order valence-corrected chi connectivity index (χ0v) is 22.0. The van der Waals surface area contributed by atoms with Crippen molar-refractivity contribution in [1.29, 1.82) is 0 Å². The molecule has 3 heteroatoms. The molecule has 0 heterocycles. The summed E-state index contributed by atoms with van der Waals surface area (Å²) >= 11 is 1.46. The number of fused-ring (bicyclic) bond motifs is 3. The van der Waals surface area contributed by atoms with E-state index in [0.717, 1.165) is 0 Å². The Labute approximate surface area is 220 Å². The van der Waals surface area contributed by atoms with Gasteiger partial charge in [0, 0.05) is 0 Å². The molecule has 0 atom stereocenters. The van der Waals surface area contributed by atoms with Gasteiger partial charge in [0.05, 0.1) is 0 Å². The second-order valence-electron chi connectivity index (χ2n) is 7.89. The van der Waals surface area contributed by atoms with Crippen LogP contribution in [0.2, 0.25) is 0 Å². The summed E-state index contributed by atoms with van der Waals surface area (Å²) < 4.78 is 1.42. The van der Waals surface area contributed by atoms with E-state index in [1.807, 2.05) is 12.1 Å². The molecule has 174 valence electrons. The standard InChI is InChI=1S/C13H9.C13H10.C6H7.2FH.Zr/c1-3-7-12-10(5-1)9-11-6-2-4-8-13(11)12;1-3-7-12(8-4-1)11-13-9-5-2-6-10-13;1-6-4-2-3-5-6;;;/h1-9H;1-10H;2-5H,1H3;2*1H;/q-1;;-1;;;+2/p-2. The Hall–Kier alpha value is -3.29. The first kappa shape index (κ1) is 28.0. The van der Waals surface area contributed by atoms with Gasteiger partial charge in [-0.05, 0) is 0 Å². The SMILES string of the molecule is Cc1cc[cH-]c1.[F-].[F-].[Zr+2]=[C](c1ccccc1)c1ccccc1.c1ccc2c(c1)[cH-]c1ccccc12. The molecule has 0 bridgehead atoms. The minimum Gasteiger partial charge on any atom is -0.126 e. The summed E-state index contributed by atoms with van der Waals surface area (Å²) in [6.45, 7) is 2.08. The summed E-state index contributed by atoms with van der Waals surface area (Å²) in [5.41, 5.74) is 4.00. The molecule has 0 amide bonds. The summed E-state index contributed by atoms with van der Waals surface area (Å²) in [7, 11) is 0. The van der Waals surface area contributed by atoms with Crippen LogP contribution in [0.1, 0.15) is 16.7 Å². The van der Waals surface area contributed by atoms with Gasteiger partial charge < -0.3 is 9.41 Å². The molecule has 0 nitrogen and oxygen atoms in total. The van der Waals surface area contributed by atoms with Crippen molar-refractivity contribution in [2.75, 3.05) is 0 Å². The van der Waals surface area contributed by atoms with Crippen LogP contribution in [0.25, 0.3) is 21.5 Å². The average Bonchev–Trinajstić information content (AvgIpc) is 3.52. The van der Waals surface area contributed by atoms with Gasteiger partial charge in [-0.25, -0.2) is 11.6 Å². The number of aryl methyl sites for hydroxylation is 1. The fourth-order valence-corrected chi connectivity index (χ4v) is 4.57. The molecule has 0 N–H and O–H groups in total. The summed E-state index contributed by atoms with van der Waals surface area (Å²) in [5.74, 6) is 0. The molecule has 0 aliphatic rings. The van der Waals surface area contributed by atoms with Crippen molar-refractivity contribution in [3.63, 3.8) is 0 Å². The molecular formula is C32H26F2Zr-2. The molecule has 0 spiro atoms. The summed E-state index contributed by atoms with van der Waals surface area (Å²) in [6, 6.07) is 48.6. The number of halogens is 2. The second kappa shape index (κ2) is 14.2. The molecule has 0 fully saturated rings. The molecule has 0 unspecified atom stereocenters. The predicted octanol–water partition coefficient (Wildman–Crippen LogP) is 2.24. The van der Waals surface area contributed by atoms with Crippen LogP contribution in [0.15, 0.2) is 140 Å². The maximum atomic E-state index is 2.24. The Kier molecular flexibility index (Phi) is 11.3. The Morgan fingerprint density at radius 1 is 0.571 bits per heavy atom. The van der Waals surface area contributed by atoms with E-state index in [-0.39, 0.29) is 9.41 Å². The van der Waals surface area contributed by atoms with E-state index >= 15 is 0 Å². The van der Waals surface area contributed by atoms with Crippen LogP contribution < -0.4 is 9.41 Å². The van der Waals surface area contributed by atoms with E-state index in [0.29, 0.717) is 0 Å². The molecule has 6 rings (SSSR count). The van der Waals surface area contributed by atoms with Gasteiger partial charge >= 0.3 is 99.2 Å². The molecule has 0 aliphatic heterocycles. The fourth-order valence-electron chi connectivity index (χ4n) is 3.75. The molecular weight excluding hydrogens is 514 g/mol. The predicted molar refractivity (Wildman–Crippen MR) is 140 cm³/mol. The molecule has 35 heavy (non-hydrogen) atoms. The zero-order valence-electron chi connectivity index (χ0n) is 19.5. The van der Waals surface area contributed by atoms with Crippen LogP contribution >= 0.6 is 0 Å². The summed E-state index contributed by atoms with van der Waals surface area (Å²) in [6.07, 6.45) is 0. The minimum absolute atomic E-state index is 0. The van der Waals surface area contributed by atoms with Gasteiger partial charge in [-0.3, -0.25) is 0 Å². The number of hydrogen-bond donors (Lipinski definition) is 0. The van der Waals surface area contributed by atoms with Gasteiger partial charge in [-0.2, -0.15) is 18.2 Å². The first-order chi connectivity index (χ1) is 16.2. The van der Waals surface area contributed by atoms with Gasteiger partial charge in [0.1, 0.15) is 0 Å². The van der Waals surface area contributed by atoms with Crippen LogP contribution in [-0.2, 0) is 24.2 Å². The quantitative estimate of drug-likeness (QED) is 0.296. The normalized spacial score (nSPS) is 9.57. The van der Waals surface area contributed by atoms with E-state index in [9.17, 15) is 0 Å². The van der Waals surface area contributed by atoms with Crippen molar-refractivity contribution in [3.05, 3.63) is 156 Å². The van der Waals surface area contributed by atoms with Crippen LogP contribution in [0, 0.1) is 6.92 Å². The summed E-state index contributed by atoms with van der Waals surface area (Å²) in [4.78, 5) is 0. The van der Waals surface area contributed by atoms with Crippen molar-refractivity contribution in [1.82, 2.24) is 0 Å². The number of rotatable bonds is 2. The topological polar surface area (TPSA) is 0 Å². The minimum atomic E-state index is 0. The monoisotopic (exact) mass is 538 g/mol. The average molecular weight is 540 g/mol. The molecule has 0 saturated carbocycles. The molecule has 0 aromatic heterocycles. The van der Waals surface area contributed by atoms with E-state index < -0.39 is 0 Å². The first-order valence-electron chi connectivity index (χ1n) is 11.1. The molecule has 0 saturated heterocycles. The van der Waals surface area contributed by atoms with Gasteiger partial charge in [-0.1, -0.05) is 43.3 Å². The Bertz CT molecular complexity index is 1320. The van der Waals surface area contributed by atoms with Crippen molar-refractivity contribution in [2.24, 2.45) is 0 Å². The van der Waals surface area contributed by atoms with Crippen molar-refractivity contribution in [2.45, 2.75) is 6.92 Å². The third-order valence-electron chi connectivity index (χ3n) is 5.48. The van der Waals surface area contributed by atoms with Crippen LogP contribution in [0.3, 0.4) is 0 Å². The van der Waals surface area contributed by atoms with E-state index in [1.165, 1.54) is 65.7 Å². The van der Waals surface area contributed by atoms with Crippen molar-refractivity contribution in [3.8, 4) is 0 Å². The van der Waals surface area contributed by atoms with Gasteiger partial charge in [0.15, 0.2) is 0 Å².